The zero-order chi connectivity index (χ0) is 5.28. The van der Waals surface area contributed by atoms with Crippen molar-refractivity contribution in [2.45, 2.75) is 26.4 Å². The van der Waals surface area contributed by atoms with E-state index < -0.39 is 0 Å². The van der Waals surface area contributed by atoms with Crippen molar-refractivity contribution < 1.29 is 4.74 Å². The first-order valence-corrected chi connectivity index (χ1v) is 2.96. The van der Waals surface area contributed by atoms with Gasteiger partial charge in [-0.05, 0) is 5.92 Å². The zero-order valence-corrected chi connectivity index (χ0v) is 4.98. The molecule has 1 nitrogen and oxygen atoms in total. The van der Waals surface area contributed by atoms with E-state index in [1.807, 2.05) is 0 Å². The van der Waals surface area contributed by atoms with Gasteiger partial charge in [-0.2, -0.15) is 0 Å². The van der Waals surface area contributed by atoms with E-state index >= 15 is 0 Å². The Kier molecular flexibility index (Phi) is 1.33. The Morgan fingerprint density at radius 2 is 2.43 bits per heavy atom. The van der Waals surface area contributed by atoms with E-state index in [1.165, 1.54) is 6.42 Å². The van der Waals surface area contributed by atoms with Gasteiger partial charge >= 0.3 is 0 Å². The maximum atomic E-state index is 5.06. The molecule has 0 N–H and O–H groups in total. The third-order valence-corrected chi connectivity index (χ3v) is 1.64. The number of epoxide rings is 1. The number of hydrogen-bond donors (Lipinski definition) is 0. The molecule has 1 fully saturated rings. The van der Waals surface area contributed by atoms with Crippen molar-refractivity contribution in [3.8, 4) is 0 Å². The minimum atomic E-state index is 0.616. The fourth-order valence-electron chi connectivity index (χ4n) is 0.647. The van der Waals surface area contributed by atoms with Crippen LogP contribution in [0, 0.1) is 5.92 Å². The van der Waals surface area contributed by atoms with Crippen LogP contribution in [0.5, 0.6) is 0 Å². The lowest BCUT2D eigenvalue weighted by Gasteiger charge is -1.98. The first kappa shape index (κ1) is 5.10. The van der Waals surface area contributed by atoms with Crippen LogP contribution in [0.15, 0.2) is 0 Å². The summed E-state index contributed by atoms with van der Waals surface area (Å²) in [6, 6.07) is 0. The summed E-state index contributed by atoms with van der Waals surface area (Å²) in [6.45, 7) is 5.44. The number of hydrogen-bond acceptors (Lipinski definition) is 1. The van der Waals surface area contributed by atoms with Crippen LogP contribution in [-0.2, 0) is 4.74 Å². The van der Waals surface area contributed by atoms with E-state index in [2.05, 4.69) is 13.8 Å². The first-order valence-electron chi connectivity index (χ1n) is 2.96. The van der Waals surface area contributed by atoms with Crippen LogP contribution in [0.2, 0.25) is 0 Å². The maximum absolute atomic E-state index is 5.06. The van der Waals surface area contributed by atoms with Crippen LogP contribution in [-0.4, -0.2) is 12.7 Å². The molecule has 1 aliphatic rings. The largest absolute Gasteiger partial charge is 0.373 e. The first-order chi connectivity index (χ1) is 3.34. The summed E-state index contributed by atoms with van der Waals surface area (Å²) in [4.78, 5) is 0. The van der Waals surface area contributed by atoms with Gasteiger partial charge in [-0.1, -0.05) is 20.3 Å². The van der Waals surface area contributed by atoms with E-state index in [0.717, 1.165) is 12.5 Å². The Bertz CT molecular complexity index is 57.2. The lowest BCUT2D eigenvalue weighted by molar-refractivity contribution is 0.337. The Morgan fingerprint density at radius 1 is 1.86 bits per heavy atom. The minimum absolute atomic E-state index is 0.616. The van der Waals surface area contributed by atoms with Crippen molar-refractivity contribution >= 4 is 0 Å². The van der Waals surface area contributed by atoms with Crippen LogP contribution in [0.4, 0.5) is 0 Å². The molecule has 0 amide bonds. The molecule has 0 aromatic carbocycles. The minimum Gasteiger partial charge on any atom is -0.373 e. The van der Waals surface area contributed by atoms with Crippen molar-refractivity contribution in [1.29, 1.82) is 0 Å². The third-order valence-electron chi connectivity index (χ3n) is 1.64. The predicted octanol–water partition coefficient (Wildman–Crippen LogP) is 1.43. The smallest absolute Gasteiger partial charge is 0.0835 e. The van der Waals surface area contributed by atoms with Gasteiger partial charge in [0, 0.05) is 0 Å². The van der Waals surface area contributed by atoms with E-state index in [9.17, 15) is 0 Å². The SMILES string of the molecule is CC[C@@H](C)[C@@H]1CO1. The van der Waals surface area contributed by atoms with Crippen LogP contribution in [0.1, 0.15) is 20.3 Å². The molecule has 1 heterocycles. The van der Waals surface area contributed by atoms with Crippen LogP contribution < -0.4 is 0 Å². The zero-order valence-electron chi connectivity index (χ0n) is 4.98. The summed E-state index contributed by atoms with van der Waals surface area (Å²) >= 11 is 0. The predicted molar refractivity (Wildman–Crippen MR) is 29.2 cm³/mol. The molecule has 0 aromatic heterocycles. The standard InChI is InChI=1S/C6H12O/c1-3-5(2)6-4-7-6/h5-6H,3-4H2,1-2H3/t5-,6+/m1/s1. The lowest BCUT2D eigenvalue weighted by atomic mass is 10.1. The molecule has 2 atom stereocenters. The number of rotatable bonds is 2. The molecule has 1 aliphatic heterocycles. The summed E-state index contributed by atoms with van der Waals surface area (Å²) in [7, 11) is 0. The van der Waals surface area contributed by atoms with Crippen molar-refractivity contribution in [2.24, 2.45) is 5.92 Å². The Hall–Kier alpha value is -0.0400. The molecule has 0 aliphatic carbocycles. The normalized spacial score (nSPS) is 32.6. The second kappa shape index (κ2) is 1.83. The molecule has 0 unspecified atom stereocenters. The van der Waals surface area contributed by atoms with Gasteiger partial charge in [-0.3, -0.25) is 0 Å². The third kappa shape index (κ3) is 1.16. The van der Waals surface area contributed by atoms with Crippen LogP contribution >= 0.6 is 0 Å². The van der Waals surface area contributed by atoms with Gasteiger partial charge in [-0.25, -0.2) is 0 Å². The average Bonchev–Trinajstić information content (AvgIpc) is 2.44. The van der Waals surface area contributed by atoms with E-state index in [1.54, 1.807) is 0 Å². The van der Waals surface area contributed by atoms with Crippen LogP contribution in [0.3, 0.4) is 0 Å². The number of ether oxygens (including phenoxy) is 1. The van der Waals surface area contributed by atoms with E-state index in [0.29, 0.717) is 6.10 Å². The highest BCUT2D eigenvalue weighted by molar-refractivity contribution is 4.74. The quantitative estimate of drug-likeness (QED) is 0.478. The van der Waals surface area contributed by atoms with Gasteiger partial charge in [0.25, 0.3) is 0 Å². The molecular weight excluding hydrogens is 88.1 g/mol. The molecule has 42 valence electrons. The highest BCUT2D eigenvalue weighted by Gasteiger charge is 2.27. The van der Waals surface area contributed by atoms with Gasteiger partial charge in [0.2, 0.25) is 0 Å². The van der Waals surface area contributed by atoms with Gasteiger partial charge in [0.15, 0.2) is 0 Å². The van der Waals surface area contributed by atoms with Gasteiger partial charge < -0.3 is 4.74 Å². The summed E-state index contributed by atoms with van der Waals surface area (Å²) in [5.74, 6) is 0.792. The topological polar surface area (TPSA) is 12.5 Å². The van der Waals surface area contributed by atoms with Crippen LogP contribution in [0.25, 0.3) is 0 Å². The fraction of sp³-hybridized carbons (Fsp3) is 1.00. The Labute approximate surface area is 44.7 Å². The van der Waals surface area contributed by atoms with Crippen molar-refractivity contribution in [1.82, 2.24) is 0 Å². The second-order valence-electron chi connectivity index (χ2n) is 2.26. The molecule has 0 spiro atoms. The van der Waals surface area contributed by atoms with E-state index in [-0.39, 0.29) is 0 Å². The van der Waals surface area contributed by atoms with Gasteiger partial charge in [0.1, 0.15) is 0 Å². The highest BCUT2D eigenvalue weighted by atomic mass is 16.6. The van der Waals surface area contributed by atoms with Gasteiger partial charge in [-0.15, -0.1) is 0 Å². The van der Waals surface area contributed by atoms with Crippen molar-refractivity contribution in [3.63, 3.8) is 0 Å². The maximum Gasteiger partial charge on any atom is 0.0835 e. The second-order valence-corrected chi connectivity index (χ2v) is 2.26. The molecule has 1 rings (SSSR count). The summed E-state index contributed by atoms with van der Waals surface area (Å²) in [6.07, 6.45) is 1.87. The molecule has 0 radical (unpaired) electrons. The molecule has 7 heavy (non-hydrogen) atoms. The van der Waals surface area contributed by atoms with Crippen molar-refractivity contribution in [2.75, 3.05) is 6.61 Å². The fourth-order valence-corrected chi connectivity index (χ4v) is 0.647. The molecule has 1 heteroatoms. The Morgan fingerprint density at radius 3 is 2.57 bits per heavy atom. The molecule has 0 saturated carbocycles. The average molecular weight is 100 g/mol. The highest BCUT2D eigenvalue weighted by Crippen LogP contribution is 2.21. The molecule has 0 bridgehead atoms. The summed E-state index contributed by atoms with van der Waals surface area (Å²) in [5, 5.41) is 0. The monoisotopic (exact) mass is 100 g/mol. The summed E-state index contributed by atoms with van der Waals surface area (Å²) < 4.78 is 5.06. The van der Waals surface area contributed by atoms with E-state index in [4.69, 9.17) is 4.74 Å². The molecule has 1 saturated heterocycles. The van der Waals surface area contributed by atoms with Crippen molar-refractivity contribution in [3.05, 3.63) is 0 Å². The summed E-state index contributed by atoms with van der Waals surface area (Å²) in [5.41, 5.74) is 0. The Balaban J connectivity index is 2.10. The molecular formula is C6H12O. The lowest BCUT2D eigenvalue weighted by Crippen LogP contribution is -1.99. The molecule has 0 aromatic rings. The van der Waals surface area contributed by atoms with Gasteiger partial charge in [0.05, 0.1) is 12.7 Å².